The Hall–Kier alpha value is -2.11. The SMILES string of the molecule is CCCc1nc(NC)cc(NC(C)Cn2ccnc2)n1. The fourth-order valence-corrected chi connectivity index (χ4v) is 2.04. The zero-order valence-corrected chi connectivity index (χ0v) is 12.3. The molecule has 2 aromatic rings. The van der Waals surface area contributed by atoms with Crippen LogP contribution in [0.15, 0.2) is 24.8 Å². The Morgan fingerprint density at radius 1 is 1.30 bits per heavy atom. The second kappa shape index (κ2) is 6.88. The maximum atomic E-state index is 4.55. The molecule has 0 saturated carbocycles. The van der Waals surface area contributed by atoms with Crippen LogP contribution in [0, 0.1) is 0 Å². The fourth-order valence-electron chi connectivity index (χ4n) is 2.04. The van der Waals surface area contributed by atoms with Crippen LogP contribution in [0.1, 0.15) is 26.1 Å². The zero-order valence-electron chi connectivity index (χ0n) is 12.3. The van der Waals surface area contributed by atoms with Crippen LogP contribution in [0.4, 0.5) is 11.6 Å². The van der Waals surface area contributed by atoms with E-state index in [0.29, 0.717) is 0 Å². The van der Waals surface area contributed by atoms with Gasteiger partial charge < -0.3 is 15.2 Å². The molecular weight excluding hydrogens is 252 g/mol. The summed E-state index contributed by atoms with van der Waals surface area (Å²) in [4.78, 5) is 13.0. The molecule has 1 unspecified atom stereocenters. The molecule has 1 atom stereocenters. The van der Waals surface area contributed by atoms with E-state index in [1.807, 2.05) is 30.2 Å². The number of hydrogen-bond acceptors (Lipinski definition) is 5. The van der Waals surface area contributed by atoms with Gasteiger partial charge in [-0.25, -0.2) is 15.0 Å². The van der Waals surface area contributed by atoms with Gasteiger partial charge in [0.15, 0.2) is 0 Å². The molecule has 0 aromatic carbocycles. The number of aryl methyl sites for hydroxylation is 1. The molecule has 0 saturated heterocycles. The van der Waals surface area contributed by atoms with Crippen molar-refractivity contribution in [3.8, 4) is 0 Å². The lowest BCUT2D eigenvalue weighted by molar-refractivity contribution is 0.616. The van der Waals surface area contributed by atoms with Gasteiger partial charge in [-0.05, 0) is 13.3 Å². The highest BCUT2D eigenvalue weighted by Gasteiger charge is 2.07. The summed E-state index contributed by atoms with van der Waals surface area (Å²) in [5.74, 6) is 2.58. The van der Waals surface area contributed by atoms with E-state index in [9.17, 15) is 0 Å². The number of rotatable bonds is 7. The molecular formula is C14H22N6. The average molecular weight is 274 g/mol. The summed E-state index contributed by atoms with van der Waals surface area (Å²) in [6, 6.07) is 2.20. The first-order chi connectivity index (χ1) is 9.71. The number of anilines is 2. The summed E-state index contributed by atoms with van der Waals surface area (Å²) in [7, 11) is 1.87. The van der Waals surface area contributed by atoms with Crippen LogP contribution in [0.25, 0.3) is 0 Å². The van der Waals surface area contributed by atoms with Crippen LogP contribution in [0.5, 0.6) is 0 Å². The van der Waals surface area contributed by atoms with Crippen LogP contribution in [-0.2, 0) is 13.0 Å². The molecule has 0 aliphatic heterocycles. The lowest BCUT2D eigenvalue weighted by atomic mass is 10.3. The highest BCUT2D eigenvalue weighted by molar-refractivity contribution is 5.47. The monoisotopic (exact) mass is 274 g/mol. The second-order valence-electron chi connectivity index (χ2n) is 4.86. The third kappa shape index (κ3) is 3.94. The Kier molecular flexibility index (Phi) is 4.92. The first-order valence-corrected chi connectivity index (χ1v) is 6.99. The van der Waals surface area contributed by atoms with Gasteiger partial charge in [0.05, 0.1) is 6.33 Å². The minimum atomic E-state index is 0.262. The van der Waals surface area contributed by atoms with Crippen LogP contribution < -0.4 is 10.6 Å². The van der Waals surface area contributed by atoms with Crippen LogP contribution >= 0.6 is 0 Å². The van der Waals surface area contributed by atoms with Gasteiger partial charge in [-0.15, -0.1) is 0 Å². The van der Waals surface area contributed by atoms with E-state index in [4.69, 9.17) is 0 Å². The van der Waals surface area contributed by atoms with Gasteiger partial charge in [0.25, 0.3) is 0 Å². The van der Waals surface area contributed by atoms with E-state index in [1.54, 1.807) is 6.20 Å². The summed E-state index contributed by atoms with van der Waals surface area (Å²) in [6.45, 7) is 5.10. The Morgan fingerprint density at radius 2 is 2.10 bits per heavy atom. The van der Waals surface area contributed by atoms with E-state index < -0.39 is 0 Å². The third-order valence-electron chi connectivity index (χ3n) is 2.94. The van der Waals surface area contributed by atoms with E-state index in [1.165, 1.54) is 0 Å². The topological polar surface area (TPSA) is 67.7 Å². The van der Waals surface area contributed by atoms with Gasteiger partial charge in [0.2, 0.25) is 0 Å². The number of hydrogen-bond donors (Lipinski definition) is 2. The highest BCUT2D eigenvalue weighted by atomic mass is 15.1. The summed E-state index contributed by atoms with van der Waals surface area (Å²) in [6.07, 6.45) is 7.49. The molecule has 0 fully saturated rings. The first-order valence-electron chi connectivity index (χ1n) is 6.99. The lowest BCUT2D eigenvalue weighted by Gasteiger charge is -2.16. The average Bonchev–Trinajstić information content (AvgIpc) is 2.91. The molecule has 2 N–H and O–H groups in total. The summed E-state index contributed by atoms with van der Waals surface area (Å²) < 4.78 is 2.05. The normalized spacial score (nSPS) is 12.2. The lowest BCUT2D eigenvalue weighted by Crippen LogP contribution is -2.22. The minimum absolute atomic E-state index is 0.262. The largest absolute Gasteiger partial charge is 0.373 e. The van der Waals surface area contributed by atoms with Crippen LogP contribution in [0.3, 0.4) is 0 Å². The van der Waals surface area contributed by atoms with Crippen molar-refractivity contribution >= 4 is 11.6 Å². The van der Waals surface area contributed by atoms with Crippen molar-refractivity contribution in [1.29, 1.82) is 0 Å². The van der Waals surface area contributed by atoms with Crippen molar-refractivity contribution < 1.29 is 0 Å². The molecule has 2 heterocycles. The predicted octanol–water partition coefficient (Wildman–Crippen LogP) is 2.17. The molecule has 6 heteroatoms. The van der Waals surface area contributed by atoms with Crippen LogP contribution in [0.2, 0.25) is 0 Å². The first kappa shape index (κ1) is 14.3. The number of nitrogens with one attached hydrogen (secondary N) is 2. The number of imidazole rings is 1. The smallest absolute Gasteiger partial charge is 0.133 e. The molecule has 0 bridgehead atoms. The van der Waals surface area contributed by atoms with Crippen molar-refractivity contribution in [2.24, 2.45) is 0 Å². The molecule has 6 nitrogen and oxygen atoms in total. The van der Waals surface area contributed by atoms with Crippen molar-refractivity contribution in [1.82, 2.24) is 19.5 Å². The highest BCUT2D eigenvalue weighted by Crippen LogP contribution is 2.13. The standard InChI is InChI=1S/C14H22N6/c1-4-5-12-18-13(15-3)8-14(19-12)17-11(2)9-20-7-6-16-10-20/h6-8,10-11H,4-5,9H2,1-3H3,(H2,15,17,18,19). The summed E-state index contributed by atoms with van der Waals surface area (Å²) in [5, 5.41) is 6.49. The molecule has 2 aromatic heterocycles. The molecule has 0 aliphatic carbocycles. The van der Waals surface area contributed by atoms with Gasteiger partial charge in [0.1, 0.15) is 17.5 Å². The van der Waals surface area contributed by atoms with Crippen LogP contribution in [-0.4, -0.2) is 32.6 Å². The Labute approximate surface area is 119 Å². The van der Waals surface area contributed by atoms with Crippen molar-refractivity contribution in [3.05, 3.63) is 30.6 Å². The van der Waals surface area contributed by atoms with Crippen molar-refractivity contribution in [3.63, 3.8) is 0 Å². The molecule has 108 valence electrons. The van der Waals surface area contributed by atoms with E-state index in [0.717, 1.165) is 36.8 Å². The van der Waals surface area contributed by atoms with E-state index in [2.05, 4.69) is 39.4 Å². The molecule has 20 heavy (non-hydrogen) atoms. The van der Waals surface area contributed by atoms with E-state index in [-0.39, 0.29) is 6.04 Å². The number of aromatic nitrogens is 4. The van der Waals surface area contributed by atoms with Crippen molar-refractivity contribution in [2.75, 3.05) is 17.7 Å². The zero-order chi connectivity index (χ0) is 14.4. The van der Waals surface area contributed by atoms with Gasteiger partial charge in [-0.2, -0.15) is 0 Å². The maximum Gasteiger partial charge on any atom is 0.133 e. The summed E-state index contributed by atoms with van der Waals surface area (Å²) in [5.41, 5.74) is 0. The molecule has 2 rings (SSSR count). The Balaban J connectivity index is 2.05. The molecule has 0 radical (unpaired) electrons. The second-order valence-corrected chi connectivity index (χ2v) is 4.86. The summed E-state index contributed by atoms with van der Waals surface area (Å²) >= 11 is 0. The Bertz CT molecular complexity index is 522. The maximum absolute atomic E-state index is 4.55. The van der Waals surface area contributed by atoms with Crippen molar-refractivity contribution in [2.45, 2.75) is 39.3 Å². The minimum Gasteiger partial charge on any atom is -0.373 e. The third-order valence-corrected chi connectivity index (χ3v) is 2.94. The van der Waals surface area contributed by atoms with Gasteiger partial charge in [-0.3, -0.25) is 0 Å². The fraction of sp³-hybridized carbons (Fsp3) is 0.500. The van der Waals surface area contributed by atoms with Gasteiger partial charge in [0, 0.05) is 44.5 Å². The predicted molar refractivity (Wildman–Crippen MR) is 80.9 cm³/mol. The Morgan fingerprint density at radius 3 is 2.75 bits per heavy atom. The quantitative estimate of drug-likeness (QED) is 0.810. The molecule has 0 spiro atoms. The molecule has 0 aliphatic rings. The van der Waals surface area contributed by atoms with Gasteiger partial charge in [-0.1, -0.05) is 6.92 Å². The van der Waals surface area contributed by atoms with E-state index >= 15 is 0 Å². The number of nitrogens with zero attached hydrogens (tertiary/aromatic N) is 4. The molecule has 0 amide bonds. The van der Waals surface area contributed by atoms with Gasteiger partial charge >= 0.3 is 0 Å².